The van der Waals surface area contributed by atoms with Crippen molar-refractivity contribution in [3.63, 3.8) is 0 Å². The lowest BCUT2D eigenvalue weighted by Gasteiger charge is -2.24. The SMILES string of the molecule is O=c1[nH]c(=O)c2[nH]c(C3CC4CCCCC4N3)nc2[nH]1. The molecule has 4 N–H and O–H groups in total. The minimum absolute atomic E-state index is 0.151. The number of hydrogen-bond acceptors (Lipinski definition) is 4. The predicted octanol–water partition coefficient (Wildman–Crippen LogP) is 0.533. The number of fused-ring (bicyclic) bond motifs is 2. The van der Waals surface area contributed by atoms with Gasteiger partial charge in [-0.1, -0.05) is 12.8 Å². The first-order chi connectivity index (χ1) is 9.70. The van der Waals surface area contributed by atoms with Crippen LogP contribution in [0.4, 0.5) is 0 Å². The normalized spacial score (nSPS) is 29.7. The number of hydrogen-bond donors (Lipinski definition) is 4. The molecule has 2 fully saturated rings. The Morgan fingerprint density at radius 1 is 1.05 bits per heavy atom. The lowest BCUT2D eigenvalue weighted by molar-refractivity contribution is 0.325. The van der Waals surface area contributed by atoms with Crippen LogP contribution in [0, 0.1) is 5.92 Å². The van der Waals surface area contributed by atoms with Crippen molar-refractivity contribution >= 4 is 11.2 Å². The molecule has 3 atom stereocenters. The molecule has 4 rings (SSSR count). The minimum atomic E-state index is -0.520. The van der Waals surface area contributed by atoms with Crippen LogP contribution < -0.4 is 16.6 Å². The second kappa shape index (κ2) is 4.31. The molecule has 0 amide bonds. The summed E-state index contributed by atoms with van der Waals surface area (Å²) in [4.78, 5) is 35.2. The lowest BCUT2D eigenvalue weighted by Crippen LogP contribution is -2.30. The zero-order valence-electron chi connectivity index (χ0n) is 11.0. The maximum atomic E-state index is 11.7. The first kappa shape index (κ1) is 11.9. The Bertz CT molecular complexity index is 744. The molecule has 7 nitrogen and oxygen atoms in total. The van der Waals surface area contributed by atoms with Crippen molar-refractivity contribution in [1.29, 1.82) is 0 Å². The number of H-pyrrole nitrogens is 3. The van der Waals surface area contributed by atoms with Crippen LogP contribution in [-0.4, -0.2) is 26.0 Å². The fourth-order valence-corrected chi connectivity index (χ4v) is 3.64. The van der Waals surface area contributed by atoms with Gasteiger partial charge in [-0.05, 0) is 25.2 Å². The van der Waals surface area contributed by atoms with Crippen LogP contribution >= 0.6 is 0 Å². The molecule has 2 aliphatic rings. The maximum Gasteiger partial charge on any atom is 0.327 e. The third kappa shape index (κ3) is 1.81. The number of aromatic nitrogens is 4. The van der Waals surface area contributed by atoms with Crippen molar-refractivity contribution < 1.29 is 0 Å². The molecule has 7 heteroatoms. The van der Waals surface area contributed by atoms with Crippen molar-refractivity contribution in [1.82, 2.24) is 25.3 Å². The van der Waals surface area contributed by atoms with Crippen molar-refractivity contribution in [2.45, 2.75) is 44.2 Å². The average molecular weight is 275 g/mol. The van der Waals surface area contributed by atoms with Gasteiger partial charge in [-0.2, -0.15) is 0 Å². The Kier molecular flexibility index (Phi) is 2.56. The van der Waals surface area contributed by atoms with E-state index in [0.717, 1.165) is 12.2 Å². The maximum absolute atomic E-state index is 11.7. The third-order valence-corrected chi connectivity index (χ3v) is 4.60. The highest BCUT2D eigenvalue weighted by atomic mass is 16.2. The molecule has 3 heterocycles. The molecule has 1 aliphatic carbocycles. The molecule has 1 saturated heterocycles. The molecule has 0 aromatic carbocycles. The molecule has 0 radical (unpaired) electrons. The van der Waals surface area contributed by atoms with Gasteiger partial charge in [-0.3, -0.25) is 14.8 Å². The fraction of sp³-hybridized carbons (Fsp3) is 0.615. The molecule has 20 heavy (non-hydrogen) atoms. The number of imidazole rings is 1. The summed E-state index contributed by atoms with van der Waals surface area (Å²) in [6, 6.07) is 0.720. The predicted molar refractivity (Wildman–Crippen MR) is 73.6 cm³/mol. The number of nitrogens with zero attached hydrogens (tertiary/aromatic N) is 1. The van der Waals surface area contributed by atoms with E-state index in [2.05, 4.69) is 25.3 Å². The van der Waals surface area contributed by atoms with Crippen LogP contribution in [0.25, 0.3) is 11.2 Å². The van der Waals surface area contributed by atoms with E-state index in [9.17, 15) is 9.59 Å². The Hall–Kier alpha value is -1.89. The minimum Gasteiger partial charge on any atom is -0.335 e. The van der Waals surface area contributed by atoms with E-state index in [1.165, 1.54) is 25.7 Å². The van der Waals surface area contributed by atoms with Gasteiger partial charge in [0, 0.05) is 6.04 Å². The van der Waals surface area contributed by atoms with Gasteiger partial charge in [0.15, 0.2) is 5.65 Å². The van der Waals surface area contributed by atoms with Gasteiger partial charge in [0.05, 0.1) is 6.04 Å². The zero-order valence-corrected chi connectivity index (χ0v) is 11.0. The van der Waals surface area contributed by atoms with Crippen molar-refractivity contribution in [3.8, 4) is 0 Å². The van der Waals surface area contributed by atoms with Crippen LogP contribution in [0.5, 0.6) is 0 Å². The molecular formula is C13H17N5O2. The van der Waals surface area contributed by atoms with E-state index >= 15 is 0 Å². The number of nitrogens with one attached hydrogen (secondary N) is 4. The second-order valence-electron chi connectivity index (χ2n) is 5.86. The Morgan fingerprint density at radius 2 is 1.90 bits per heavy atom. The monoisotopic (exact) mass is 275 g/mol. The van der Waals surface area contributed by atoms with Gasteiger partial charge in [-0.15, -0.1) is 0 Å². The highest BCUT2D eigenvalue weighted by molar-refractivity contribution is 5.68. The molecule has 1 saturated carbocycles. The average Bonchev–Trinajstić information content (AvgIpc) is 3.01. The number of rotatable bonds is 1. The summed E-state index contributed by atoms with van der Waals surface area (Å²) < 4.78 is 0. The van der Waals surface area contributed by atoms with Crippen LogP contribution in [0.15, 0.2) is 9.59 Å². The summed E-state index contributed by atoms with van der Waals surface area (Å²) in [6.45, 7) is 0. The summed E-state index contributed by atoms with van der Waals surface area (Å²) in [5, 5.41) is 3.61. The molecule has 3 unspecified atom stereocenters. The van der Waals surface area contributed by atoms with E-state index in [0.29, 0.717) is 23.1 Å². The molecule has 106 valence electrons. The van der Waals surface area contributed by atoms with Crippen LogP contribution in [0.1, 0.15) is 44.0 Å². The summed E-state index contributed by atoms with van der Waals surface area (Å²) in [5.41, 5.74) is -0.256. The first-order valence-electron chi connectivity index (χ1n) is 7.19. The Balaban J connectivity index is 1.71. The van der Waals surface area contributed by atoms with Gasteiger partial charge in [-0.25, -0.2) is 9.78 Å². The summed E-state index contributed by atoms with van der Waals surface area (Å²) >= 11 is 0. The highest BCUT2D eigenvalue weighted by Crippen LogP contribution is 2.38. The molecule has 2 aromatic rings. The molecule has 2 aromatic heterocycles. The van der Waals surface area contributed by atoms with E-state index in [4.69, 9.17) is 0 Å². The van der Waals surface area contributed by atoms with E-state index < -0.39 is 11.2 Å². The summed E-state index contributed by atoms with van der Waals surface area (Å²) in [7, 11) is 0. The van der Waals surface area contributed by atoms with Crippen molar-refractivity contribution in [2.75, 3.05) is 0 Å². The standard InChI is InChI=1S/C13H17N5O2/c19-12-9-11(17-13(20)18-12)16-10(15-9)8-5-6-3-1-2-4-7(6)14-8/h6-8,14H,1-5H2,(H3,15,16,17,18,19,20). The third-order valence-electron chi connectivity index (χ3n) is 4.60. The first-order valence-corrected chi connectivity index (χ1v) is 7.19. The Morgan fingerprint density at radius 3 is 2.75 bits per heavy atom. The van der Waals surface area contributed by atoms with Crippen LogP contribution in [0.3, 0.4) is 0 Å². The van der Waals surface area contributed by atoms with Gasteiger partial charge < -0.3 is 10.3 Å². The second-order valence-corrected chi connectivity index (χ2v) is 5.86. The highest BCUT2D eigenvalue weighted by Gasteiger charge is 2.37. The molecule has 0 spiro atoms. The quantitative estimate of drug-likeness (QED) is 0.609. The van der Waals surface area contributed by atoms with Gasteiger partial charge in [0.2, 0.25) is 0 Å². The Labute approximate surface area is 114 Å². The molecular weight excluding hydrogens is 258 g/mol. The van der Waals surface area contributed by atoms with Crippen molar-refractivity contribution in [3.05, 3.63) is 26.7 Å². The summed E-state index contributed by atoms with van der Waals surface area (Å²) in [5.74, 6) is 1.46. The van der Waals surface area contributed by atoms with Gasteiger partial charge in [0.25, 0.3) is 5.56 Å². The van der Waals surface area contributed by atoms with Crippen LogP contribution in [-0.2, 0) is 0 Å². The number of aromatic amines is 3. The fourth-order valence-electron chi connectivity index (χ4n) is 3.64. The van der Waals surface area contributed by atoms with E-state index in [-0.39, 0.29) is 6.04 Å². The molecule has 1 aliphatic heterocycles. The van der Waals surface area contributed by atoms with Gasteiger partial charge >= 0.3 is 5.69 Å². The van der Waals surface area contributed by atoms with Crippen LogP contribution in [0.2, 0.25) is 0 Å². The summed E-state index contributed by atoms with van der Waals surface area (Å²) in [6.07, 6.45) is 6.13. The largest absolute Gasteiger partial charge is 0.335 e. The topological polar surface area (TPSA) is 106 Å². The molecule has 0 bridgehead atoms. The van der Waals surface area contributed by atoms with Gasteiger partial charge in [0.1, 0.15) is 11.3 Å². The zero-order chi connectivity index (χ0) is 13.7. The smallest absolute Gasteiger partial charge is 0.327 e. The van der Waals surface area contributed by atoms with E-state index in [1.807, 2.05) is 0 Å². The lowest BCUT2D eigenvalue weighted by atomic mass is 9.85. The van der Waals surface area contributed by atoms with E-state index in [1.54, 1.807) is 0 Å². The van der Waals surface area contributed by atoms with Crippen molar-refractivity contribution in [2.24, 2.45) is 5.92 Å².